The van der Waals surface area contributed by atoms with Crippen molar-refractivity contribution in [3.05, 3.63) is 29.7 Å². The number of aryl methyl sites for hydroxylation is 2. The van der Waals surface area contributed by atoms with Crippen LogP contribution in [0.4, 0.5) is 0 Å². The van der Waals surface area contributed by atoms with E-state index in [0.717, 1.165) is 12.8 Å². The smallest absolute Gasteiger partial charge is 0.274 e. The molecule has 1 fully saturated rings. The standard InChI is InChI=1S/C14H19N5O2/c1-10-15-13(21-17-10)14(2)5-8-19(9-6-14)12(20)11-4-7-18(3)16-11/h4,7H,5-6,8-9H2,1-3H3. The van der Waals surface area contributed by atoms with Crippen molar-refractivity contribution in [3.8, 4) is 0 Å². The molecule has 1 aliphatic rings. The Morgan fingerprint density at radius 1 is 1.38 bits per heavy atom. The first-order valence-electron chi connectivity index (χ1n) is 7.08. The molecule has 0 N–H and O–H groups in total. The molecule has 0 unspecified atom stereocenters. The maximum atomic E-state index is 12.4. The fraction of sp³-hybridized carbons (Fsp3) is 0.571. The van der Waals surface area contributed by atoms with Crippen molar-refractivity contribution >= 4 is 5.91 Å². The zero-order valence-electron chi connectivity index (χ0n) is 12.5. The Morgan fingerprint density at radius 2 is 2.10 bits per heavy atom. The Hall–Kier alpha value is -2.18. The van der Waals surface area contributed by atoms with E-state index in [4.69, 9.17) is 4.52 Å². The minimum absolute atomic E-state index is 0.0145. The summed E-state index contributed by atoms with van der Waals surface area (Å²) in [5.74, 6) is 1.31. The molecule has 2 aromatic rings. The van der Waals surface area contributed by atoms with Gasteiger partial charge in [0.05, 0.1) is 5.41 Å². The second-order valence-electron chi connectivity index (χ2n) is 5.87. The number of piperidine rings is 1. The third-order valence-corrected chi connectivity index (χ3v) is 4.13. The molecule has 0 spiro atoms. The van der Waals surface area contributed by atoms with Gasteiger partial charge in [0, 0.05) is 26.3 Å². The molecule has 0 atom stereocenters. The molecule has 1 amide bonds. The van der Waals surface area contributed by atoms with Crippen LogP contribution in [-0.4, -0.2) is 43.8 Å². The second-order valence-corrected chi connectivity index (χ2v) is 5.87. The number of likely N-dealkylation sites (tertiary alicyclic amines) is 1. The van der Waals surface area contributed by atoms with Crippen LogP contribution < -0.4 is 0 Å². The van der Waals surface area contributed by atoms with Gasteiger partial charge in [0.1, 0.15) is 5.69 Å². The topological polar surface area (TPSA) is 77.0 Å². The van der Waals surface area contributed by atoms with E-state index in [9.17, 15) is 4.79 Å². The van der Waals surface area contributed by atoms with Crippen LogP contribution in [0.1, 0.15) is 42.0 Å². The fourth-order valence-electron chi connectivity index (χ4n) is 2.65. The van der Waals surface area contributed by atoms with Crippen LogP contribution in [0.15, 0.2) is 16.8 Å². The number of carbonyl (C=O) groups excluding carboxylic acids is 1. The summed E-state index contributed by atoms with van der Waals surface area (Å²) in [6, 6.07) is 1.75. The molecule has 7 heteroatoms. The largest absolute Gasteiger partial charge is 0.339 e. The van der Waals surface area contributed by atoms with Crippen LogP contribution in [0.3, 0.4) is 0 Å². The highest BCUT2D eigenvalue weighted by atomic mass is 16.5. The molecule has 0 aliphatic carbocycles. The maximum Gasteiger partial charge on any atom is 0.274 e. The van der Waals surface area contributed by atoms with Gasteiger partial charge in [0.2, 0.25) is 5.89 Å². The van der Waals surface area contributed by atoms with Crippen molar-refractivity contribution in [2.75, 3.05) is 13.1 Å². The third kappa shape index (κ3) is 2.55. The van der Waals surface area contributed by atoms with E-state index in [1.165, 1.54) is 0 Å². The molecular weight excluding hydrogens is 270 g/mol. The Bertz CT molecular complexity index is 652. The summed E-state index contributed by atoms with van der Waals surface area (Å²) in [5, 5.41) is 8.03. The van der Waals surface area contributed by atoms with Gasteiger partial charge in [-0.25, -0.2) is 0 Å². The quantitative estimate of drug-likeness (QED) is 0.833. The molecule has 0 radical (unpaired) electrons. The summed E-state index contributed by atoms with van der Waals surface area (Å²) < 4.78 is 6.95. The molecular formula is C14H19N5O2. The lowest BCUT2D eigenvalue weighted by atomic mass is 9.80. The Labute approximate surface area is 122 Å². The van der Waals surface area contributed by atoms with Crippen LogP contribution in [0.2, 0.25) is 0 Å². The second kappa shape index (κ2) is 4.98. The molecule has 112 valence electrons. The minimum Gasteiger partial charge on any atom is -0.339 e. The highest BCUT2D eigenvalue weighted by molar-refractivity contribution is 5.92. The summed E-state index contributed by atoms with van der Waals surface area (Å²) in [7, 11) is 1.81. The molecule has 3 heterocycles. The Morgan fingerprint density at radius 3 is 2.62 bits per heavy atom. The molecule has 1 saturated heterocycles. The Kier molecular flexibility index (Phi) is 3.27. The predicted molar refractivity (Wildman–Crippen MR) is 74.7 cm³/mol. The van der Waals surface area contributed by atoms with Gasteiger partial charge in [0.25, 0.3) is 5.91 Å². The summed E-state index contributed by atoms with van der Waals surface area (Å²) in [5.41, 5.74) is 0.344. The van der Waals surface area contributed by atoms with Crippen molar-refractivity contribution < 1.29 is 9.32 Å². The number of rotatable bonds is 2. The van der Waals surface area contributed by atoms with Crippen LogP contribution in [0, 0.1) is 6.92 Å². The van der Waals surface area contributed by atoms with Gasteiger partial charge in [0.15, 0.2) is 5.82 Å². The van der Waals surface area contributed by atoms with E-state index in [1.54, 1.807) is 16.9 Å². The molecule has 7 nitrogen and oxygen atoms in total. The number of amides is 1. The molecule has 2 aromatic heterocycles. The van der Waals surface area contributed by atoms with Crippen LogP contribution >= 0.6 is 0 Å². The average Bonchev–Trinajstić information content (AvgIpc) is 3.08. The van der Waals surface area contributed by atoms with Gasteiger partial charge in [-0.1, -0.05) is 12.1 Å². The number of carbonyl (C=O) groups is 1. The van der Waals surface area contributed by atoms with E-state index in [2.05, 4.69) is 22.2 Å². The first-order valence-corrected chi connectivity index (χ1v) is 7.08. The van der Waals surface area contributed by atoms with E-state index in [-0.39, 0.29) is 11.3 Å². The van der Waals surface area contributed by atoms with Crippen molar-refractivity contribution in [2.24, 2.45) is 7.05 Å². The van der Waals surface area contributed by atoms with E-state index in [1.807, 2.05) is 18.9 Å². The van der Waals surface area contributed by atoms with Crippen molar-refractivity contribution in [3.63, 3.8) is 0 Å². The summed E-state index contributed by atoms with van der Waals surface area (Å²) in [6.07, 6.45) is 3.41. The lowest BCUT2D eigenvalue weighted by molar-refractivity contribution is 0.0646. The van der Waals surface area contributed by atoms with Gasteiger partial charge >= 0.3 is 0 Å². The molecule has 21 heavy (non-hydrogen) atoms. The van der Waals surface area contributed by atoms with Crippen molar-refractivity contribution in [1.82, 2.24) is 24.8 Å². The van der Waals surface area contributed by atoms with Crippen molar-refractivity contribution in [2.45, 2.75) is 32.1 Å². The predicted octanol–water partition coefficient (Wildman–Crippen LogP) is 1.31. The number of aromatic nitrogens is 4. The molecule has 0 bridgehead atoms. The number of hydrogen-bond donors (Lipinski definition) is 0. The number of hydrogen-bond acceptors (Lipinski definition) is 5. The summed E-state index contributed by atoms with van der Waals surface area (Å²) in [6.45, 7) is 5.28. The third-order valence-electron chi connectivity index (χ3n) is 4.13. The van der Waals surface area contributed by atoms with Gasteiger partial charge in [-0.15, -0.1) is 0 Å². The maximum absolute atomic E-state index is 12.4. The van der Waals surface area contributed by atoms with Gasteiger partial charge in [-0.2, -0.15) is 10.1 Å². The SMILES string of the molecule is Cc1noc(C2(C)CCN(C(=O)c3ccn(C)n3)CC2)n1. The Balaban J connectivity index is 1.69. The highest BCUT2D eigenvalue weighted by Crippen LogP contribution is 2.34. The van der Waals surface area contributed by atoms with Gasteiger partial charge in [-0.3, -0.25) is 9.48 Å². The van der Waals surface area contributed by atoms with Gasteiger partial charge < -0.3 is 9.42 Å². The monoisotopic (exact) mass is 289 g/mol. The molecule has 0 aromatic carbocycles. The molecule has 0 saturated carbocycles. The lowest BCUT2D eigenvalue weighted by Gasteiger charge is -2.36. The summed E-state index contributed by atoms with van der Waals surface area (Å²) >= 11 is 0. The highest BCUT2D eigenvalue weighted by Gasteiger charge is 2.38. The van der Waals surface area contributed by atoms with E-state index < -0.39 is 0 Å². The fourth-order valence-corrected chi connectivity index (χ4v) is 2.65. The van der Waals surface area contributed by atoms with E-state index in [0.29, 0.717) is 30.5 Å². The zero-order valence-corrected chi connectivity index (χ0v) is 12.5. The molecule has 1 aliphatic heterocycles. The minimum atomic E-state index is -0.151. The van der Waals surface area contributed by atoms with Crippen LogP contribution in [0.5, 0.6) is 0 Å². The lowest BCUT2D eigenvalue weighted by Crippen LogP contribution is -2.44. The van der Waals surface area contributed by atoms with Gasteiger partial charge in [-0.05, 0) is 25.8 Å². The molecule has 3 rings (SSSR count). The van der Waals surface area contributed by atoms with Crippen LogP contribution in [-0.2, 0) is 12.5 Å². The first-order chi connectivity index (χ1) is 9.98. The number of nitrogens with zero attached hydrogens (tertiary/aromatic N) is 5. The zero-order chi connectivity index (χ0) is 15.0. The van der Waals surface area contributed by atoms with Crippen molar-refractivity contribution in [1.29, 1.82) is 0 Å². The first kappa shape index (κ1) is 13.8. The van der Waals surface area contributed by atoms with Crippen LogP contribution in [0.25, 0.3) is 0 Å². The normalized spacial score (nSPS) is 18.0. The summed E-state index contributed by atoms with van der Waals surface area (Å²) in [4.78, 5) is 18.5. The average molecular weight is 289 g/mol. The van der Waals surface area contributed by atoms with E-state index >= 15 is 0 Å².